The molecule has 3 rings (SSSR count). The molecule has 1 aliphatic rings. The molecule has 0 saturated carbocycles. The molecule has 0 atom stereocenters. The van der Waals surface area contributed by atoms with Gasteiger partial charge in [-0.15, -0.1) is 0 Å². The number of benzene rings is 2. The lowest BCUT2D eigenvalue weighted by molar-refractivity contribution is -0.114. The fraction of sp³-hybridized carbons (Fsp3) is 0.381. The molecule has 2 aromatic carbocycles. The number of para-hydroxylation sites is 1. The predicted molar refractivity (Wildman–Crippen MR) is 121 cm³/mol. The van der Waals surface area contributed by atoms with Crippen molar-refractivity contribution in [3.8, 4) is 0 Å². The average molecular weight is 484 g/mol. The molecule has 174 valence electrons. The normalized spacial score (nSPS) is 15.7. The van der Waals surface area contributed by atoms with E-state index in [2.05, 4.69) is 5.32 Å². The maximum atomic E-state index is 14.1. The molecule has 32 heavy (non-hydrogen) atoms. The van der Waals surface area contributed by atoms with Gasteiger partial charge in [-0.05, 0) is 49.2 Å². The first-order chi connectivity index (χ1) is 15.1. The van der Waals surface area contributed by atoms with Crippen LogP contribution >= 0.6 is 0 Å². The molecule has 1 N–H and O–H groups in total. The van der Waals surface area contributed by atoms with Gasteiger partial charge in [-0.25, -0.2) is 21.2 Å². The second kappa shape index (κ2) is 9.97. The molecule has 0 spiro atoms. The van der Waals surface area contributed by atoms with E-state index in [1.165, 1.54) is 46.8 Å². The number of carbonyl (C=O) groups excluding carboxylic acids is 1. The quantitative estimate of drug-likeness (QED) is 0.652. The van der Waals surface area contributed by atoms with E-state index in [4.69, 9.17) is 0 Å². The molecule has 1 amide bonds. The summed E-state index contributed by atoms with van der Waals surface area (Å²) in [5.41, 5.74) is 0.0656. The Morgan fingerprint density at radius 3 is 2.12 bits per heavy atom. The highest BCUT2D eigenvalue weighted by Crippen LogP contribution is 2.23. The first kappa shape index (κ1) is 24.1. The van der Waals surface area contributed by atoms with Crippen LogP contribution in [0.1, 0.15) is 25.7 Å². The van der Waals surface area contributed by atoms with Crippen molar-refractivity contribution < 1.29 is 26.0 Å². The number of sulfonamides is 2. The van der Waals surface area contributed by atoms with Gasteiger partial charge in [0.1, 0.15) is 12.4 Å². The van der Waals surface area contributed by atoms with Gasteiger partial charge in [0.25, 0.3) is 0 Å². The third-order valence-corrected chi connectivity index (χ3v) is 8.19. The predicted octanol–water partition coefficient (Wildman–Crippen LogP) is 2.80. The average Bonchev–Trinajstić information content (AvgIpc) is 3.02. The summed E-state index contributed by atoms with van der Waals surface area (Å²) in [6.45, 7) is 0.337. The van der Waals surface area contributed by atoms with Gasteiger partial charge in [0, 0.05) is 18.8 Å². The van der Waals surface area contributed by atoms with E-state index in [1.807, 2.05) is 0 Å². The SMILES string of the molecule is CS(=O)(=O)N(CC(=O)Nc1ccc(S(=O)(=O)N2CCCCCC2)cc1)c1ccccc1F. The highest BCUT2D eigenvalue weighted by molar-refractivity contribution is 7.92. The number of hydrogen-bond acceptors (Lipinski definition) is 5. The Morgan fingerprint density at radius 2 is 1.56 bits per heavy atom. The summed E-state index contributed by atoms with van der Waals surface area (Å²) >= 11 is 0. The van der Waals surface area contributed by atoms with E-state index >= 15 is 0 Å². The van der Waals surface area contributed by atoms with E-state index < -0.39 is 38.3 Å². The Morgan fingerprint density at radius 1 is 0.969 bits per heavy atom. The first-order valence-corrected chi connectivity index (χ1v) is 13.5. The number of carbonyl (C=O) groups is 1. The molecule has 0 radical (unpaired) electrons. The fourth-order valence-corrected chi connectivity index (χ4v) is 5.88. The van der Waals surface area contributed by atoms with Gasteiger partial charge < -0.3 is 5.32 Å². The molecule has 0 bridgehead atoms. The number of rotatable bonds is 7. The van der Waals surface area contributed by atoms with Crippen molar-refractivity contribution in [2.75, 3.05) is 35.5 Å². The minimum atomic E-state index is -3.92. The molecule has 11 heteroatoms. The molecular weight excluding hydrogens is 457 g/mol. The molecule has 1 fully saturated rings. The molecule has 2 aromatic rings. The lowest BCUT2D eigenvalue weighted by Gasteiger charge is -2.22. The van der Waals surface area contributed by atoms with E-state index in [0.29, 0.717) is 23.1 Å². The minimum absolute atomic E-state index is 0.126. The molecule has 8 nitrogen and oxygen atoms in total. The second-order valence-electron chi connectivity index (χ2n) is 7.61. The van der Waals surface area contributed by atoms with Gasteiger partial charge in [0.05, 0.1) is 16.8 Å². The van der Waals surface area contributed by atoms with Crippen molar-refractivity contribution in [1.29, 1.82) is 0 Å². The summed E-state index contributed by atoms with van der Waals surface area (Å²) in [5, 5.41) is 2.53. The Balaban J connectivity index is 1.72. The van der Waals surface area contributed by atoms with Crippen LogP contribution in [0.3, 0.4) is 0 Å². The molecule has 0 aromatic heterocycles. The summed E-state index contributed by atoms with van der Waals surface area (Å²) in [7, 11) is -7.54. The second-order valence-corrected chi connectivity index (χ2v) is 11.5. The fourth-order valence-electron chi connectivity index (χ4n) is 3.51. The van der Waals surface area contributed by atoms with Crippen molar-refractivity contribution in [2.24, 2.45) is 0 Å². The summed E-state index contributed by atoms with van der Waals surface area (Å²) in [5.74, 6) is -1.46. The zero-order valence-corrected chi connectivity index (χ0v) is 19.3. The van der Waals surface area contributed by atoms with Crippen molar-refractivity contribution in [2.45, 2.75) is 30.6 Å². The van der Waals surface area contributed by atoms with Gasteiger partial charge in [0.15, 0.2) is 0 Å². The van der Waals surface area contributed by atoms with Crippen molar-refractivity contribution in [1.82, 2.24) is 4.31 Å². The van der Waals surface area contributed by atoms with Crippen LogP contribution in [0.15, 0.2) is 53.4 Å². The topological polar surface area (TPSA) is 104 Å². The molecular formula is C21H26FN3O5S2. The monoisotopic (exact) mass is 483 g/mol. The largest absolute Gasteiger partial charge is 0.325 e. The van der Waals surface area contributed by atoms with Gasteiger partial charge in [-0.2, -0.15) is 4.31 Å². The number of halogens is 1. The molecule has 0 unspecified atom stereocenters. The number of nitrogens with one attached hydrogen (secondary N) is 1. The van der Waals surface area contributed by atoms with Crippen LogP contribution in [0.5, 0.6) is 0 Å². The third kappa shape index (κ3) is 5.84. The third-order valence-electron chi connectivity index (χ3n) is 5.15. The lowest BCUT2D eigenvalue weighted by Crippen LogP contribution is -2.38. The van der Waals surface area contributed by atoms with Crippen molar-refractivity contribution in [3.05, 3.63) is 54.3 Å². The summed E-state index contributed by atoms with van der Waals surface area (Å²) in [6.07, 6.45) is 4.55. The number of amides is 1. The van der Waals surface area contributed by atoms with Crippen LogP contribution in [0, 0.1) is 5.82 Å². The van der Waals surface area contributed by atoms with Gasteiger partial charge in [-0.1, -0.05) is 25.0 Å². The maximum absolute atomic E-state index is 14.1. The highest BCUT2D eigenvalue weighted by Gasteiger charge is 2.26. The van der Waals surface area contributed by atoms with E-state index in [0.717, 1.165) is 38.0 Å². The van der Waals surface area contributed by atoms with E-state index in [-0.39, 0.29) is 10.6 Å². The maximum Gasteiger partial charge on any atom is 0.245 e. The number of anilines is 2. The van der Waals surface area contributed by atoms with Crippen molar-refractivity contribution in [3.63, 3.8) is 0 Å². The van der Waals surface area contributed by atoms with Crippen LogP contribution < -0.4 is 9.62 Å². The number of hydrogen-bond donors (Lipinski definition) is 1. The summed E-state index contributed by atoms with van der Waals surface area (Å²) in [6, 6.07) is 11.0. The minimum Gasteiger partial charge on any atom is -0.325 e. The molecule has 1 heterocycles. The smallest absolute Gasteiger partial charge is 0.245 e. The summed E-state index contributed by atoms with van der Waals surface area (Å²) < 4.78 is 66.2. The Hall–Kier alpha value is -2.50. The Labute approximate surface area is 188 Å². The van der Waals surface area contributed by atoms with Gasteiger partial charge >= 0.3 is 0 Å². The van der Waals surface area contributed by atoms with Crippen LogP contribution in [0.25, 0.3) is 0 Å². The zero-order valence-electron chi connectivity index (χ0n) is 17.7. The van der Waals surface area contributed by atoms with Crippen molar-refractivity contribution >= 4 is 37.3 Å². The van der Waals surface area contributed by atoms with Gasteiger partial charge in [0.2, 0.25) is 26.0 Å². The van der Waals surface area contributed by atoms with Crippen LogP contribution in [-0.4, -0.2) is 52.9 Å². The Bertz CT molecular complexity index is 1160. The van der Waals surface area contributed by atoms with E-state index in [9.17, 15) is 26.0 Å². The van der Waals surface area contributed by atoms with E-state index in [1.54, 1.807) is 0 Å². The van der Waals surface area contributed by atoms with Crippen LogP contribution in [0.2, 0.25) is 0 Å². The molecule has 1 saturated heterocycles. The van der Waals surface area contributed by atoms with Crippen LogP contribution in [0.4, 0.5) is 15.8 Å². The van der Waals surface area contributed by atoms with Crippen LogP contribution in [-0.2, 0) is 24.8 Å². The highest BCUT2D eigenvalue weighted by atomic mass is 32.2. The lowest BCUT2D eigenvalue weighted by atomic mass is 10.2. The molecule has 1 aliphatic heterocycles. The standard InChI is InChI=1S/C21H26FN3O5S2/c1-31(27,28)25(20-9-5-4-8-19(20)22)16-21(26)23-17-10-12-18(13-11-17)32(29,30)24-14-6-2-3-7-15-24/h4-5,8-13H,2-3,6-7,14-16H2,1H3,(H,23,26). The van der Waals surface area contributed by atoms with Gasteiger partial charge in [-0.3, -0.25) is 9.10 Å². The molecule has 0 aliphatic carbocycles. The summed E-state index contributed by atoms with van der Waals surface area (Å²) in [4.78, 5) is 12.6. The first-order valence-electron chi connectivity index (χ1n) is 10.2. The number of nitrogens with zero attached hydrogens (tertiary/aromatic N) is 2. The zero-order chi connectivity index (χ0) is 23.4. The Kier molecular flexibility index (Phi) is 7.52.